The Morgan fingerprint density at radius 2 is 2.00 bits per heavy atom. The third-order valence-electron chi connectivity index (χ3n) is 3.82. The van der Waals surface area contributed by atoms with Gasteiger partial charge in [0, 0.05) is 18.5 Å². The van der Waals surface area contributed by atoms with E-state index in [1.54, 1.807) is 24.3 Å². The molecule has 1 aliphatic heterocycles. The van der Waals surface area contributed by atoms with Crippen molar-refractivity contribution >= 4 is 11.8 Å². The first-order chi connectivity index (χ1) is 10.5. The summed E-state index contributed by atoms with van der Waals surface area (Å²) in [6, 6.07) is 6.68. The minimum Gasteiger partial charge on any atom is -0.491 e. The predicted octanol–water partition coefficient (Wildman–Crippen LogP) is 2.60. The number of carboxylic acids is 1. The van der Waals surface area contributed by atoms with Gasteiger partial charge in [0.1, 0.15) is 11.8 Å². The molecule has 5 nitrogen and oxygen atoms in total. The Balaban J connectivity index is 1.88. The standard InChI is InChI=1S/C17H23NO4/c1-12(2)22-14-7-5-13(6-8-14)16(19)9-11-18-10-3-4-15(18)17(20)21/h5-8,12,15H,3-4,9-11H2,1-2H3,(H,20,21). The summed E-state index contributed by atoms with van der Waals surface area (Å²) in [6.07, 6.45) is 2.00. The maximum absolute atomic E-state index is 12.2. The molecule has 1 aromatic rings. The average Bonchev–Trinajstić information content (AvgIpc) is 2.93. The fourth-order valence-electron chi connectivity index (χ4n) is 2.75. The first-order valence-electron chi connectivity index (χ1n) is 7.74. The third-order valence-corrected chi connectivity index (χ3v) is 3.82. The van der Waals surface area contributed by atoms with Crippen molar-refractivity contribution in [2.24, 2.45) is 0 Å². The van der Waals surface area contributed by atoms with Gasteiger partial charge in [-0.3, -0.25) is 14.5 Å². The molecule has 120 valence electrons. The van der Waals surface area contributed by atoms with Gasteiger partial charge in [-0.1, -0.05) is 0 Å². The summed E-state index contributed by atoms with van der Waals surface area (Å²) in [7, 11) is 0. The predicted molar refractivity (Wildman–Crippen MR) is 83.4 cm³/mol. The summed E-state index contributed by atoms with van der Waals surface area (Å²) < 4.78 is 5.55. The number of carbonyl (C=O) groups is 2. The molecule has 1 heterocycles. The molecule has 1 saturated heterocycles. The van der Waals surface area contributed by atoms with Gasteiger partial charge in [-0.25, -0.2) is 0 Å². The summed E-state index contributed by atoms with van der Waals surface area (Å²) in [5.74, 6) is -0.00990. The Morgan fingerprint density at radius 3 is 2.59 bits per heavy atom. The second kappa shape index (κ2) is 7.40. The van der Waals surface area contributed by atoms with Crippen LogP contribution < -0.4 is 4.74 Å². The molecule has 0 saturated carbocycles. The van der Waals surface area contributed by atoms with E-state index in [9.17, 15) is 9.59 Å². The molecule has 1 unspecified atom stereocenters. The van der Waals surface area contributed by atoms with Gasteiger partial charge in [-0.05, 0) is 57.5 Å². The van der Waals surface area contributed by atoms with Gasteiger partial charge in [0.2, 0.25) is 0 Å². The van der Waals surface area contributed by atoms with E-state index in [-0.39, 0.29) is 11.9 Å². The fraction of sp³-hybridized carbons (Fsp3) is 0.529. The monoisotopic (exact) mass is 305 g/mol. The summed E-state index contributed by atoms with van der Waals surface area (Å²) in [4.78, 5) is 25.2. The number of carbonyl (C=O) groups excluding carboxylic acids is 1. The van der Waals surface area contributed by atoms with Crippen molar-refractivity contribution in [3.05, 3.63) is 29.8 Å². The van der Waals surface area contributed by atoms with Crippen molar-refractivity contribution in [1.82, 2.24) is 4.90 Å². The van der Waals surface area contributed by atoms with Gasteiger partial charge in [0.15, 0.2) is 5.78 Å². The second-order valence-electron chi connectivity index (χ2n) is 5.90. The number of rotatable bonds is 7. The summed E-state index contributed by atoms with van der Waals surface area (Å²) in [5.41, 5.74) is 0.641. The lowest BCUT2D eigenvalue weighted by Crippen LogP contribution is -2.37. The van der Waals surface area contributed by atoms with Crippen LogP contribution in [0.3, 0.4) is 0 Å². The zero-order valence-electron chi connectivity index (χ0n) is 13.1. The topological polar surface area (TPSA) is 66.8 Å². The van der Waals surface area contributed by atoms with Crippen LogP contribution in [0.1, 0.15) is 43.5 Å². The molecule has 5 heteroatoms. The van der Waals surface area contributed by atoms with Gasteiger partial charge in [0.05, 0.1) is 6.10 Å². The lowest BCUT2D eigenvalue weighted by molar-refractivity contribution is -0.142. The van der Waals surface area contributed by atoms with Crippen LogP contribution >= 0.6 is 0 Å². The molecule has 22 heavy (non-hydrogen) atoms. The zero-order chi connectivity index (χ0) is 16.1. The number of hydrogen-bond acceptors (Lipinski definition) is 4. The zero-order valence-corrected chi connectivity index (χ0v) is 13.1. The number of carboxylic acid groups (broad SMARTS) is 1. The Labute approximate surface area is 130 Å². The van der Waals surface area contributed by atoms with E-state index in [4.69, 9.17) is 9.84 Å². The third kappa shape index (κ3) is 4.31. The van der Waals surface area contributed by atoms with Crippen LogP contribution in [-0.2, 0) is 4.79 Å². The lowest BCUT2D eigenvalue weighted by atomic mass is 10.1. The maximum atomic E-state index is 12.2. The first-order valence-corrected chi connectivity index (χ1v) is 7.74. The Bertz CT molecular complexity index is 524. The molecule has 0 aromatic heterocycles. The number of benzene rings is 1. The molecular weight excluding hydrogens is 282 g/mol. The smallest absolute Gasteiger partial charge is 0.320 e. The minimum atomic E-state index is -0.792. The van der Waals surface area contributed by atoms with Crippen LogP contribution in [0.25, 0.3) is 0 Å². The fourth-order valence-corrected chi connectivity index (χ4v) is 2.75. The van der Waals surface area contributed by atoms with Crippen LogP contribution in [0.15, 0.2) is 24.3 Å². The van der Waals surface area contributed by atoms with Gasteiger partial charge < -0.3 is 9.84 Å². The SMILES string of the molecule is CC(C)Oc1ccc(C(=O)CCN2CCCC2C(=O)O)cc1. The molecule has 0 bridgehead atoms. The quantitative estimate of drug-likeness (QED) is 0.784. The van der Waals surface area contributed by atoms with Crippen molar-refractivity contribution in [3.8, 4) is 5.75 Å². The Hall–Kier alpha value is -1.88. The van der Waals surface area contributed by atoms with E-state index >= 15 is 0 Å². The first kappa shape index (κ1) is 16.5. The molecule has 0 radical (unpaired) electrons. The summed E-state index contributed by atoms with van der Waals surface area (Å²) in [5, 5.41) is 9.13. The highest BCUT2D eigenvalue weighted by Gasteiger charge is 2.30. The van der Waals surface area contributed by atoms with E-state index < -0.39 is 12.0 Å². The van der Waals surface area contributed by atoms with E-state index in [0.29, 0.717) is 24.9 Å². The minimum absolute atomic E-state index is 0.0344. The molecular formula is C17H23NO4. The lowest BCUT2D eigenvalue weighted by Gasteiger charge is -2.20. The summed E-state index contributed by atoms with van der Waals surface area (Å²) >= 11 is 0. The van der Waals surface area contributed by atoms with Crippen molar-refractivity contribution in [3.63, 3.8) is 0 Å². The van der Waals surface area contributed by atoms with E-state index in [2.05, 4.69) is 0 Å². The molecule has 0 aliphatic carbocycles. The molecule has 2 rings (SSSR count). The maximum Gasteiger partial charge on any atom is 0.320 e. The number of nitrogens with zero attached hydrogens (tertiary/aromatic N) is 1. The molecule has 0 spiro atoms. The van der Waals surface area contributed by atoms with Gasteiger partial charge in [0.25, 0.3) is 0 Å². The molecule has 1 aromatic carbocycles. The number of ketones is 1. The van der Waals surface area contributed by atoms with E-state index in [1.807, 2.05) is 18.7 Å². The van der Waals surface area contributed by atoms with Crippen molar-refractivity contribution < 1.29 is 19.4 Å². The molecule has 1 N–H and O–H groups in total. The molecule has 1 fully saturated rings. The summed E-state index contributed by atoms with van der Waals surface area (Å²) in [6.45, 7) is 5.16. The number of aliphatic carboxylic acids is 1. The van der Waals surface area contributed by atoms with Crippen molar-refractivity contribution in [2.45, 2.75) is 45.3 Å². The molecule has 0 amide bonds. The van der Waals surface area contributed by atoms with E-state index in [1.165, 1.54) is 0 Å². The Morgan fingerprint density at radius 1 is 1.32 bits per heavy atom. The van der Waals surface area contributed by atoms with Gasteiger partial charge in [-0.15, -0.1) is 0 Å². The highest BCUT2D eigenvalue weighted by Crippen LogP contribution is 2.19. The van der Waals surface area contributed by atoms with Crippen LogP contribution in [0, 0.1) is 0 Å². The normalized spacial score (nSPS) is 18.6. The molecule has 1 aliphatic rings. The Kier molecular flexibility index (Phi) is 5.55. The van der Waals surface area contributed by atoms with Crippen LogP contribution in [-0.4, -0.2) is 47.0 Å². The second-order valence-corrected chi connectivity index (χ2v) is 5.90. The van der Waals surface area contributed by atoms with Crippen LogP contribution in [0.5, 0.6) is 5.75 Å². The highest BCUT2D eigenvalue weighted by molar-refractivity contribution is 5.96. The largest absolute Gasteiger partial charge is 0.491 e. The van der Waals surface area contributed by atoms with Gasteiger partial charge >= 0.3 is 5.97 Å². The van der Waals surface area contributed by atoms with Crippen LogP contribution in [0.2, 0.25) is 0 Å². The van der Waals surface area contributed by atoms with Gasteiger partial charge in [-0.2, -0.15) is 0 Å². The van der Waals surface area contributed by atoms with Crippen LogP contribution in [0.4, 0.5) is 0 Å². The average molecular weight is 305 g/mol. The number of hydrogen-bond donors (Lipinski definition) is 1. The van der Waals surface area contributed by atoms with E-state index in [0.717, 1.165) is 18.7 Å². The number of likely N-dealkylation sites (tertiary alicyclic amines) is 1. The number of Topliss-reactive ketones (excluding diaryl/α,β-unsaturated/α-hetero) is 1. The van der Waals surface area contributed by atoms with Crippen molar-refractivity contribution in [2.75, 3.05) is 13.1 Å². The molecule has 1 atom stereocenters. The van der Waals surface area contributed by atoms with Crippen molar-refractivity contribution in [1.29, 1.82) is 0 Å². The highest BCUT2D eigenvalue weighted by atomic mass is 16.5. The number of ether oxygens (including phenoxy) is 1.